The minimum atomic E-state index is -4.11. The van der Waals surface area contributed by atoms with Crippen molar-refractivity contribution in [1.29, 1.82) is 0 Å². The van der Waals surface area contributed by atoms with Gasteiger partial charge in [0.15, 0.2) is 0 Å². The van der Waals surface area contributed by atoms with Gasteiger partial charge >= 0.3 is 0 Å². The summed E-state index contributed by atoms with van der Waals surface area (Å²) in [5.41, 5.74) is 1.81. The van der Waals surface area contributed by atoms with Crippen LogP contribution in [-0.2, 0) is 26.2 Å². The molecule has 0 aromatic heterocycles. The molecule has 0 saturated carbocycles. The predicted octanol–water partition coefficient (Wildman–Crippen LogP) is 5.83. The second kappa shape index (κ2) is 13.3. The first-order valence-corrected chi connectivity index (χ1v) is 14.8. The lowest BCUT2D eigenvalue weighted by molar-refractivity contribution is -0.139. The molecule has 3 rings (SSSR count). The van der Waals surface area contributed by atoms with E-state index in [-0.39, 0.29) is 23.4 Å². The van der Waals surface area contributed by atoms with Crippen molar-refractivity contribution in [1.82, 2.24) is 10.2 Å². The Morgan fingerprint density at radius 1 is 0.949 bits per heavy atom. The first-order chi connectivity index (χ1) is 18.4. The Kier molecular flexibility index (Phi) is 10.4. The van der Waals surface area contributed by atoms with Gasteiger partial charge in [0.05, 0.1) is 10.6 Å². The van der Waals surface area contributed by atoms with Crippen molar-refractivity contribution < 1.29 is 18.0 Å². The standard InChI is InChI=1S/C29H33Cl2N3O4S/c1-5-21(3)32-29(36)22(4)33(18-23-13-14-24(30)17-27(23)31)28(35)19-34(25-9-7-6-8-10-25)39(37,38)26-15-11-20(2)12-16-26/h6-17,21-22H,5,18-19H2,1-4H3,(H,32,36)/t21-,22-/m0/s1. The van der Waals surface area contributed by atoms with E-state index in [9.17, 15) is 18.0 Å². The van der Waals surface area contributed by atoms with Crippen molar-refractivity contribution in [2.24, 2.45) is 0 Å². The van der Waals surface area contributed by atoms with Gasteiger partial charge in [-0.05, 0) is 69.2 Å². The molecule has 10 heteroatoms. The zero-order valence-electron chi connectivity index (χ0n) is 22.4. The normalized spacial score (nSPS) is 12.9. The lowest BCUT2D eigenvalue weighted by Crippen LogP contribution is -2.52. The van der Waals surface area contributed by atoms with Gasteiger partial charge < -0.3 is 10.2 Å². The Balaban J connectivity index is 2.02. The number of anilines is 1. The van der Waals surface area contributed by atoms with E-state index in [2.05, 4.69) is 5.32 Å². The number of carbonyl (C=O) groups excluding carboxylic acids is 2. The van der Waals surface area contributed by atoms with Crippen molar-refractivity contribution >= 4 is 50.7 Å². The molecule has 3 aromatic rings. The maximum absolute atomic E-state index is 13.9. The molecule has 0 heterocycles. The summed E-state index contributed by atoms with van der Waals surface area (Å²) in [6, 6.07) is 18.7. The monoisotopic (exact) mass is 589 g/mol. The SMILES string of the molecule is CC[C@H](C)NC(=O)[C@H](C)N(Cc1ccc(Cl)cc1Cl)C(=O)CN(c1ccccc1)S(=O)(=O)c1ccc(C)cc1. The second-order valence-corrected chi connectivity index (χ2v) is 12.1. The van der Waals surface area contributed by atoms with Gasteiger partial charge in [0.25, 0.3) is 10.0 Å². The van der Waals surface area contributed by atoms with Gasteiger partial charge in [-0.3, -0.25) is 13.9 Å². The Bertz CT molecular complexity index is 1400. The second-order valence-electron chi connectivity index (χ2n) is 9.41. The van der Waals surface area contributed by atoms with Gasteiger partial charge in [-0.15, -0.1) is 0 Å². The number of halogens is 2. The number of sulfonamides is 1. The summed E-state index contributed by atoms with van der Waals surface area (Å²) >= 11 is 12.5. The number of rotatable bonds is 11. The predicted molar refractivity (Wildman–Crippen MR) is 157 cm³/mol. The minimum Gasteiger partial charge on any atom is -0.352 e. The molecular formula is C29H33Cl2N3O4S. The lowest BCUT2D eigenvalue weighted by atomic mass is 10.1. The number of para-hydroxylation sites is 1. The highest BCUT2D eigenvalue weighted by atomic mass is 35.5. The van der Waals surface area contributed by atoms with E-state index in [1.807, 2.05) is 20.8 Å². The molecule has 0 aliphatic rings. The quantitative estimate of drug-likeness (QED) is 0.305. The van der Waals surface area contributed by atoms with E-state index in [1.54, 1.807) is 67.6 Å². The summed E-state index contributed by atoms with van der Waals surface area (Å²) in [7, 11) is -4.11. The first kappa shape index (κ1) is 30.5. The van der Waals surface area contributed by atoms with Crippen LogP contribution in [0.25, 0.3) is 0 Å². The van der Waals surface area contributed by atoms with Crippen LogP contribution in [0.1, 0.15) is 38.3 Å². The van der Waals surface area contributed by atoms with Crippen LogP contribution in [0.3, 0.4) is 0 Å². The van der Waals surface area contributed by atoms with Crippen LogP contribution in [0.4, 0.5) is 5.69 Å². The van der Waals surface area contributed by atoms with Gasteiger partial charge in [-0.25, -0.2) is 8.42 Å². The highest BCUT2D eigenvalue weighted by molar-refractivity contribution is 7.92. The molecular weight excluding hydrogens is 557 g/mol. The number of aryl methyl sites for hydroxylation is 1. The summed E-state index contributed by atoms with van der Waals surface area (Å²) in [4.78, 5) is 28.4. The number of amides is 2. The highest BCUT2D eigenvalue weighted by Crippen LogP contribution is 2.26. The van der Waals surface area contributed by atoms with Crippen LogP contribution in [-0.4, -0.2) is 43.8 Å². The molecule has 2 atom stereocenters. The molecule has 0 bridgehead atoms. The van der Waals surface area contributed by atoms with E-state index in [1.165, 1.54) is 17.0 Å². The summed E-state index contributed by atoms with van der Waals surface area (Å²) in [6.45, 7) is 6.75. The van der Waals surface area contributed by atoms with Gasteiger partial charge in [0, 0.05) is 22.6 Å². The number of nitrogens with zero attached hydrogens (tertiary/aromatic N) is 2. The maximum Gasteiger partial charge on any atom is 0.264 e. The summed E-state index contributed by atoms with van der Waals surface area (Å²) in [5, 5.41) is 3.67. The van der Waals surface area contributed by atoms with Gasteiger partial charge in [-0.2, -0.15) is 0 Å². The Labute approximate surface area is 240 Å². The summed E-state index contributed by atoms with van der Waals surface area (Å²) in [6.07, 6.45) is 0.714. The Morgan fingerprint density at radius 2 is 1.59 bits per heavy atom. The molecule has 0 fully saturated rings. The van der Waals surface area contributed by atoms with Gasteiger partial charge in [0.2, 0.25) is 11.8 Å². The fourth-order valence-corrected chi connectivity index (χ4v) is 5.72. The van der Waals surface area contributed by atoms with Crippen molar-refractivity contribution in [2.75, 3.05) is 10.8 Å². The fourth-order valence-electron chi connectivity index (χ4n) is 3.84. The molecule has 0 spiro atoms. The van der Waals surface area contributed by atoms with Crippen molar-refractivity contribution in [3.8, 4) is 0 Å². The molecule has 0 aliphatic heterocycles. The van der Waals surface area contributed by atoms with Crippen LogP contribution in [0.2, 0.25) is 10.0 Å². The van der Waals surface area contributed by atoms with E-state index in [0.717, 1.165) is 9.87 Å². The Hall–Kier alpha value is -3.07. The molecule has 208 valence electrons. The zero-order chi connectivity index (χ0) is 28.7. The van der Waals surface area contributed by atoms with Gasteiger partial charge in [0.1, 0.15) is 12.6 Å². The van der Waals surface area contributed by atoms with Crippen molar-refractivity contribution in [2.45, 2.75) is 57.6 Å². The third-order valence-electron chi connectivity index (χ3n) is 6.46. The average Bonchev–Trinajstić information content (AvgIpc) is 2.91. The van der Waals surface area contributed by atoms with E-state index < -0.39 is 28.5 Å². The smallest absolute Gasteiger partial charge is 0.264 e. The molecule has 7 nitrogen and oxygen atoms in total. The zero-order valence-corrected chi connectivity index (χ0v) is 24.7. The number of nitrogens with one attached hydrogen (secondary N) is 1. The number of carbonyl (C=O) groups is 2. The van der Waals surface area contributed by atoms with E-state index in [4.69, 9.17) is 23.2 Å². The van der Waals surface area contributed by atoms with Crippen LogP contribution in [0, 0.1) is 6.92 Å². The van der Waals surface area contributed by atoms with E-state index in [0.29, 0.717) is 27.7 Å². The molecule has 1 N–H and O–H groups in total. The first-order valence-electron chi connectivity index (χ1n) is 12.6. The van der Waals surface area contributed by atoms with Crippen LogP contribution in [0.5, 0.6) is 0 Å². The lowest BCUT2D eigenvalue weighted by Gasteiger charge is -2.32. The average molecular weight is 591 g/mol. The summed E-state index contributed by atoms with van der Waals surface area (Å²) in [5.74, 6) is -0.914. The number of hydrogen-bond acceptors (Lipinski definition) is 4. The third-order valence-corrected chi connectivity index (χ3v) is 8.83. The molecule has 0 unspecified atom stereocenters. The third kappa shape index (κ3) is 7.75. The molecule has 2 amide bonds. The summed E-state index contributed by atoms with van der Waals surface area (Å²) < 4.78 is 28.6. The Morgan fingerprint density at radius 3 is 2.18 bits per heavy atom. The number of benzene rings is 3. The topological polar surface area (TPSA) is 86.8 Å². The molecule has 0 saturated heterocycles. The fraction of sp³-hybridized carbons (Fsp3) is 0.310. The minimum absolute atomic E-state index is 0.0167. The molecule has 3 aromatic carbocycles. The van der Waals surface area contributed by atoms with Crippen LogP contribution < -0.4 is 9.62 Å². The molecule has 0 radical (unpaired) electrons. The largest absolute Gasteiger partial charge is 0.352 e. The van der Waals surface area contributed by atoms with Gasteiger partial charge in [-0.1, -0.05) is 72.1 Å². The van der Waals surface area contributed by atoms with Crippen LogP contribution in [0.15, 0.2) is 77.7 Å². The molecule has 0 aliphatic carbocycles. The van der Waals surface area contributed by atoms with E-state index >= 15 is 0 Å². The highest BCUT2D eigenvalue weighted by Gasteiger charge is 2.33. The van der Waals surface area contributed by atoms with Crippen molar-refractivity contribution in [3.63, 3.8) is 0 Å². The van der Waals surface area contributed by atoms with Crippen molar-refractivity contribution in [3.05, 3.63) is 94.0 Å². The molecule has 39 heavy (non-hydrogen) atoms. The van der Waals surface area contributed by atoms with Crippen LogP contribution >= 0.6 is 23.2 Å². The number of hydrogen-bond donors (Lipinski definition) is 1. The maximum atomic E-state index is 13.9.